The minimum atomic E-state index is -1.41. The molecule has 0 atom stereocenters. The maximum atomic E-state index is 15.4. The number of carbonyl (C=O) groups excluding carboxylic acids is 4. The molecule has 6 aliphatic rings. The molecule has 0 aliphatic carbocycles. The first-order chi connectivity index (χ1) is 38.2. The minimum absolute atomic E-state index is 0. The van der Waals surface area contributed by atoms with Gasteiger partial charge in [0.25, 0.3) is 0 Å². The van der Waals surface area contributed by atoms with Crippen molar-refractivity contribution >= 4 is 91.0 Å². The first-order valence-electron chi connectivity index (χ1n) is 26.2. The third kappa shape index (κ3) is 14.6. The summed E-state index contributed by atoms with van der Waals surface area (Å²) >= 11 is 3.45. The zero-order valence-corrected chi connectivity index (χ0v) is 49.7. The molecule has 18 nitrogen and oxygen atoms in total. The Hall–Kier alpha value is -6.20. The third-order valence-electron chi connectivity index (χ3n) is 14.5. The van der Waals surface area contributed by atoms with Gasteiger partial charge in [0, 0.05) is 133 Å². The zero-order valence-electron chi connectivity index (χ0n) is 46.1. The quantitative estimate of drug-likeness (QED) is 0.155. The number of alkyl halides is 1. The van der Waals surface area contributed by atoms with Crippen molar-refractivity contribution < 1.29 is 77.2 Å². The van der Waals surface area contributed by atoms with Gasteiger partial charge in [-0.1, -0.05) is 46.3 Å². The van der Waals surface area contributed by atoms with Crippen LogP contribution in [0.15, 0.2) is 114 Å². The number of hydrogen-bond acceptors (Lipinski definition) is 15. The predicted octanol–water partition coefficient (Wildman–Crippen LogP) is 6.81. The zero-order chi connectivity index (χ0) is 56.1. The molecule has 0 bridgehead atoms. The van der Waals surface area contributed by atoms with Gasteiger partial charge in [0.1, 0.15) is 28.9 Å². The number of rotatable bonds is 3. The molecule has 3 saturated heterocycles. The normalized spacial score (nSPS) is 16.9. The fourth-order valence-electron chi connectivity index (χ4n) is 10.0. The van der Waals surface area contributed by atoms with Crippen molar-refractivity contribution in [3.8, 4) is 0 Å². The van der Waals surface area contributed by atoms with E-state index in [1.165, 1.54) is 6.92 Å². The van der Waals surface area contributed by atoms with Crippen LogP contribution in [0, 0.1) is 0 Å². The van der Waals surface area contributed by atoms with Gasteiger partial charge in [-0.25, -0.2) is 19.3 Å². The summed E-state index contributed by atoms with van der Waals surface area (Å²) in [5, 5.41) is 18.2. The second-order valence-electron chi connectivity index (χ2n) is 19.4. The number of carbonyl (C=O) groups is 4. The second-order valence-corrected chi connectivity index (χ2v) is 20.3. The van der Waals surface area contributed by atoms with Crippen LogP contribution in [0.5, 0.6) is 0 Å². The number of hydrogen-bond donors (Lipinski definition) is 3. The largest absolute Gasteiger partial charge is 1.00 e. The molecule has 12 rings (SSSR count). The van der Waals surface area contributed by atoms with Gasteiger partial charge in [0.2, 0.25) is 17.7 Å². The number of halogens is 2. The van der Waals surface area contributed by atoms with Gasteiger partial charge in [-0.05, 0) is 71.8 Å². The summed E-state index contributed by atoms with van der Waals surface area (Å²) in [6, 6.07) is 28.9. The number of benzene rings is 3. The molecule has 3 aromatic heterocycles. The maximum Gasteiger partial charge on any atom is 1.00 e. The molecule has 21 heteroatoms. The van der Waals surface area contributed by atoms with Crippen molar-refractivity contribution in [3.63, 3.8) is 0 Å². The number of fused-ring (bicyclic) bond motifs is 6. The Balaban J connectivity index is 0.000000161. The van der Waals surface area contributed by atoms with Crippen LogP contribution in [0.4, 0.5) is 56.0 Å². The van der Waals surface area contributed by atoms with E-state index in [2.05, 4.69) is 59.0 Å². The molecule has 416 valence electrons. The Morgan fingerprint density at radius 1 is 0.575 bits per heavy atom. The molecule has 0 saturated carbocycles. The van der Waals surface area contributed by atoms with Crippen molar-refractivity contribution in [2.24, 2.45) is 0 Å². The molecule has 3 fully saturated rings. The van der Waals surface area contributed by atoms with Crippen LogP contribution in [-0.2, 0) is 69.0 Å². The van der Waals surface area contributed by atoms with Gasteiger partial charge in [0.15, 0.2) is 0 Å². The van der Waals surface area contributed by atoms with Crippen LogP contribution >= 0.6 is 15.9 Å². The van der Waals surface area contributed by atoms with Crippen molar-refractivity contribution in [3.05, 3.63) is 142 Å². The van der Waals surface area contributed by atoms with Gasteiger partial charge in [-0.15, -0.1) is 0 Å². The van der Waals surface area contributed by atoms with Crippen LogP contribution < -0.4 is 65.3 Å². The topological polar surface area (TPSA) is 213 Å². The summed E-state index contributed by atoms with van der Waals surface area (Å²) in [7, 11) is 2.50. The number of Topliss-reactive ketones (excluding diaryl/α,β-unsaturated/α-hetero) is 1. The summed E-state index contributed by atoms with van der Waals surface area (Å²) in [6.07, 6.45) is 8.73. The Morgan fingerprint density at radius 3 is 1.35 bits per heavy atom. The first-order valence-corrected chi connectivity index (χ1v) is 27.0. The molecular formula is C59H66BrFN9NaO9. The van der Waals surface area contributed by atoms with Gasteiger partial charge >= 0.3 is 29.6 Å². The van der Waals surface area contributed by atoms with Crippen molar-refractivity contribution in [1.82, 2.24) is 15.0 Å². The Bertz CT molecular complexity index is 3140. The van der Waals surface area contributed by atoms with Gasteiger partial charge in [-0.2, -0.15) is 7.11 Å². The average Bonchev–Trinajstić information content (AvgIpc) is 3.84. The molecule has 6 aliphatic heterocycles. The number of anilines is 9. The van der Waals surface area contributed by atoms with E-state index >= 15 is 4.39 Å². The van der Waals surface area contributed by atoms with E-state index in [-0.39, 0.29) is 52.9 Å². The van der Waals surface area contributed by atoms with E-state index in [4.69, 9.17) is 24.1 Å². The second kappa shape index (κ2) is 28.5. The number of nitrogens with one attached hydrogen (secondary N) is 3. The summed E-state index contributed by atoms with van der Waals surface area (Å²) < 4.78 is 38.0. The molecule has 3 aromatic carbocycles. The number of ether oxygens (including phenoxy) is 4. The first kappa shape index (κ1) is 61.4. The summed E-state index contributed by atoms with van der Waals surface area (Å²) in [5.41, 5.74) is 7.75. The van der Waals surface area contributed by atoms with Gasteiger partial charge < -0.3 is 54.7 Å². The summed E-state index contributed by atoms with van der Waals surface area (Å²) in [5.74, 6) is 2.58. The van der Waals surface area contributed by atoms with Crippen molar-refractivity contribution in [1.29, 1.82) is 0 Å². The summed E-state index contributed by atoms with van der Waals surface area (Å²) in [6.45, 7) is 9.57. The molecule has 3 N–H and O–H groups in total. The Kier molecular flexibility index (Phi) is 21.9. The van der Waals surface area contributed by atoms with Gasteiger partial charge in [0.05, 0.1) is 72.6 Å². The fourth-order valence-corrected chi connectivity index (χ4v) is 10.4. The number of ketones is 1. The number of amides is 3. The standard InChI is InChI=1S/C20H23N3O3.C19H20FN3O2.C14H12BrN3O.C5H8O2.CH3O.Na/c1-14(24)23-13-15-4-3-9-21-19(15)22-17-6-5-16(12-18(17)23)20(25-2)7-10-26-11-8-20;1-13(24)23-12-14-3-2-8-21-18(14)22-16-5-4-15(11-17(16)23)19(20)6-9-25-10-7-19;1-9(19)18-8-10-3-2-6-16-14(10)17-12-5-4-11(15)7-13(12)18;6-5-1-3-7-4-2-5;1-2;/h3-6,9,12H,7-8,10-11,13H2,1-2H3,(H,21,22);2-5,8,11H,6-7,9-10,12H2,1H3,(H,21,22);2-7H,8H2,1H3,(H,16,17);1-4H2;1H3;/q;;;;-1;+1. The summed E-state index contributed by atoms with van der Waals surface area (Å²) in [4.78, 5) is 65.3. The fraction of sp³-hybridized carbons (Fsp3) is 0.373. The number of aromatic nitrogens is 3. The van der Waals surface area contributed by atoms with E-state index in [1.54, 1.807) is 66.4 Å². The Labute approximate surface area is 496 Å². The number of pyridine rings is 3. The van der Waals surface area contributed by atoms with Crippen LogP contribution in [-0.4, -0.2) is 92.3 Å². The SMILES string of the molecule is CC(=O)N1Cc2cccnc2Nc2ccc(Br)cc21.CC(=O)N1Cc2cccnc2Nc2ccc(C3(F)CCOCC3)cc21.COC1(c2ccc3c(c2)N(C(C)=O)Cc2cccnc2N3)CCOCC1.C[O-].O=C1CCOCC1.[Na+]. The van der Waals surface area contributed by atoms with E-state index < -0.39 is 5.67 Å². The van der Waals surface area contributed by atoms with Gasteiger partial charge in [-0.3, -0.25) is 19.2 Å². The van der Waals surface area contributed by atoms with Crippen LogP contribution in [0.25, 0.3) is 0 Å². The molecule has 0 spiro atoms. The Morgan fingerprint density at radius 2 is 0.950 bits per heavy atom. The van der Waals surface area contributed by atoms with Crippen LogP contribution in [0.3, 0.4) is 0 Å². The van der Waals surface area contributed by atoms with E-state index in [9.17, 15) is 19.2 Å². The predicted molar refractivity (Wildman–Crippen MR) is 303 cm³/mol. The number of methoxy groups -OCH3 is 1. The third-order valence-corrected chi connectivity index (χ3v) is 15.0. The average molecular weight is 1170 g/mol. The van der Waals surface area contributed by atoms with E-state index in [0.29, 0.717) is 102 Å². The smallest absolute Gasteiger partial charge is 0.857 e. The van der Waals surface area contributed by atoms with Crippen molar-refractivity contribution in [2.45, 2.75) is 90.2 Å². The molecule has 0 unspecified atom stereocenters. The monoisotopic (exact) mass is 1170 g/mol. The van der Waals surface area contributed by atoms with Crippen LogP contribution in [0.2, 0.25) is 0 Å². The molecule has 6 aromatic rings. The van der Waals surface area contributed by atoms with E-state index in [0.717, 1.165) is 92.6 Å². The van der Waals surface area contributed by atoms with E-state index in [1.807, 2.05) is 66.7 Å². The molecule has 9 heterocycles. The molecule has 0 radical (unpaired) electrons. The molecule has 80 heavy (non-hydrogen) atoms. The molecular weight excluding hydrogens is 1100 g/mol. The van der Waals surface area contributed by atoms with Crippen LogP contribution in [0.1, 0.15) is 87.1 Å². The number of nitrogens with zero attached hydrogens (tertiary/aromatic N) is 6. The molecule has 3 amide bonds. The minimum Gasteiger partial charge on any atom is -0.857 e. The van der Waals surface area contributed by atoms with Crippen molar-refractivity contribution in [2.75, 3.05) is 84.5 Å². The maximum absolute atomic E-state index is 15.4.